The minimum absolute atomic E-state index is 0.276. The van der Waals surface area contributed by atoms with E-state index in [9.17, 15) is 4.79 Å². The summed E-state index contributed by atoms with van der Waals surface area (Å²) in [5.41, 5.74) is 2.04. The predicted octanol–water partition coefficient (Wildman–Crippen LogP) is 5.32. The van der Waals surface area contributed by atoms with Crippen LogP contribution >= 0.6 is 0 Å². The summed E-state index contributed by atoms with van der Waals surface area (Å²) in [7, 11) is 0. The van der Waals surface area contributed by atoms with Crippen LogP contribution in [0.4, 0.5) is 0 Å². The van der Waals surface area contributed by atoms with Gasteiger partial charge >= 0.3 is 5.97 Å². The van der Waals surface area contributed by atoms with Crippen molar-refractivity contribution < 1.29 is 9.53 Å². The third kappa shape index (κ3) is 6.26. The largest absolute Gasteiger partial charge is 0.462 e. The van der Waals surface area contributed by atoms with Gasteiger partial charge in [0, 0.05) is 12.4 Å². The molecule has 130 valence electrons. The first kappa shape index (κ1) is 18.4. The summed E-state index contributed by atoms with van der Waals surface area (Å²) >= 11 is 0. The molecular weight excluding hydrogens is 300 g/mol. The zero-order valence-corrected chi connectivity index (χ0v) is 14.7. The smallest absolute Gasteiger partial charge is 0.338 e. The van der Waals surface area contributed by atoms with Crippen molar-refractivity contribution in [1.82, 2.24) is 9.97 Å². The van der Waals surface area contributed by atoms with E-state index >= 15 is 0 Å². The second-order valence-electron chi connectivity index (χ2n) is 6.22. The van der Waals surface area contributed by atoms with Gasteiger partial charge in [-0.1, -0.05) is 58.3 Å². The van der Waals surface area contributed by atoms with E-state index in [2.05, 4.69) is 16.9 Å². The van der Waals surface area contributed by atoms with Crippen LogP contribution in [-0.2, 0) is 4.74 Å². The van der Waals surface area contributed by atoms with Crippen LogP contribution in [0.25, 0.3) is 11.0 Å². The molecule has 0 bridgehead atoms. The molecule has 0 unspecified atom stereocenters. The number of benzene rings is 1. The van der Waals surface area contributed by atoms with Crippen molar-refractivity contribution in [2.45, 2.75) is 64.7 Å². The Kier molecular flexibility index (Phi) is 8.22. The number of unbranched alkanes of at least 4 members (excludes halogenated alkanes) is 8. The van der Waals surface area contributed by atoms with Crippen LogP contribution in [-0.4, -0.2) is 22.5 Å². The molecule has 4 nitrogen and oxygen atoms in total. The van der Waals surface area contributed by atoms with Crippen molar-refractivity contribution in [3.63, 3.8) is 0 Å². The third-order valence-corrected chi connectivity index (χ3v) is 4.19. The highest BCUT2D eigenvalue weighted by atomic mass is 16.5. The Balaban J connectivity index is 1.59. The fourth-order valence-electron chi connectivity index (χ4n) is 2.75. The molecule has 1 heterocycles. The molecule has 0 atom stereocenters. The number of hydrogen-bond donors (Lipinski definition) is 0. The van der Waals surface area contributed by atoms with Crippen molar-refractivity contribution in [3.8, 4) is 0 Å². The van der Waals surface area contributed by atoms with E-state index in [1.807, 2.05) is 0 Å². The molecule has 0 fully saturated rings. The van der Waals surface area contributed by atoms with Gasteiger partial charge in [-0.2, -0.15) is 0 Å². The normalized spacial score (nSPS) is 10.9. The molecule has 0 saturated carbocycles. The molecule has 0 saturated heterocycles. The standard InChI is InChI=1S/C20H28N2O2/c1-2-3-4-5-6-7-8-9-10-15-24-20(23)17-11-12-18-19(16-17)22-14-13-21-18/h11-14,16H,2-10,15H2,1H3. The van der Waals surface area contributed by atoms with Crippen LogP contribution in [0.15, 0.2) is 30.6 Å². The summed E-state index contributed by atoms with van der Waals surface area (Å²) in [6.07, 6.45) is 14.6. The van der Waals surface area contributed by atoms with Crippen molar-refractivity contribution in [1.29, 1.82) is 0 Å². The van der Waals surface area contributed by atoms with Crippen molar-refractivity contribution in [2.75, 3.05) is 6.61 Å². The topological polar surface area (TPSA) is 52.1 Å². The van der Waals surface area contributed by atoms with Gasteiger partial charge in [-0.15, -0.1) is 0 Å². The van der Waals surface area contributed by atoms with E-state index < -0.39 is 0 Å². The summed E-state index contributed by atoms with van der Waals surface area (Å²) in [6, 6.07) is 5.29. The van der Waals surface area contributed by atoms with Gasteiger partial charge in [0.25, 0.3) is 0 Å². The third-order valence-electron chi connectivity index (χ3n) is 4.19. The lowest BCUT2D eigenvalue weighted by Gasteiger charge is -2.06. The number of fused-ring (bicyclic) bond motifs is 1. The van der Waals surface area contributed by atoms with Gasteiger partial charge in [0.15, 0.2) is 0 Å². The second kappa shape index (κ2) is 10.7. The molecule has 1 aromatic heterocycles. The van der Waals surface area contributed by atoms with Gasteiger partial charge in [-0.3, -0.25) is 9.97 Å². The molecule has 0 aliphatic rings. The van der Waals surface area contributed by atoms with Crippen LogP contribution in [0.3, 0.4) is 0 Å². The lowest BCUT2D eigenvalue weighted by molar-refractivity contribution is 0.0498. The molecule has 0 N–H and O–H groups in total. The molecule has 0 aliphatic carbocycles. The number of carbonyl (C=O) groups is 1. The van der Waals surface area contributed by atoms with E-state index in [1.165, 1.54) is 44.9 Å². The Morgan fingerprint density at radius 2 is 1.50 bits per heavy atom. The SMILES string of the molecule is CCCCCCCCCCCOC(=O)c1ccc2nccnc2c1. The van der Waals surface area contributed by atoms with Crippen LogP contribution in [0.2, 0.25) is 0 Å². The highest BCUT2D eigenvalue weighted by Crippen LogP contribution is 2.13. The monoisotopic (exact) mass is 328 g/mol. The maximum absolute atomic E-state index is 12.1. The van der Waals surface area contributed by atoms with E-state index in [-0.39, 0.29) is 5.97 Å². The quantitative estimate of drug-likeness (QED) is 0.414. The van der Waals surface area contributed by atoms with Gasteiger partial charge in [0.1, 0.15) is 0 Å². The summed E-state index contributed by atoms with van der Waals surface area (Å²) in [6.45, 7) is 2.74. The lowest BCUT2D eigenvalue weighted by atomic mass is 10.1. The molecular formula is C20H28N2O2. The highest BCUT2D eigenvalue weighted by Gasteiger charge is 2.08. The Bertz CT molecular complexity index is 628. The number of ether oxygens (including phenoxy) is 1. The summed E-state index contributed by atoms with van der Waals surface area (Å²) in [5.74, 6) is -0.276. The number of carbonyl (C=O) groups excluding carboxylic acids is 1. The van der Waals surface area contributed by atoms with Crippen molar-refractivity contribution >= 4 is 17.0 Å². The van der Waals surface area contributed by atoms with Crippen LogP contribution in [0.1, 0.15) is 75.1 Å². The first-order valence-electron chi connectivity index (χ1n) is 9.19. The van der Waals surface area contributed by atoms with Gasteiger partial charge < -0.3 is 4.74 Å². The van der Waals surface area contributed by atoms with Crippen LogP contribution in [0, 0.1) is 0 Å². The van der Waals surface area contributed by atoms with Gasteiger partial charge in [0.2, 0.25) is 0 Å². The summed E-state index contributed by atoms with van der Waals surface area (Å²) in [5, 5.41) is 0. The zero-order chi connectivity index (χ0) is 17.0. The Morgan fingerprint density at radius 1 is 0.875 bits per heavy atom. The number of aromatic nitrogens is 2. The zero-order valence-electron chi connectivity index (χ0n) is 14.7. The van der Waals surface area contributed by atoms with Crippen molar-refractivity contribution in [3.05, 3.63) is 36.2 Å². The molecule has 24 heavy (non-hydrogen) atoms. The summed E-state index contributed by atoms with van der Waals surface area (Å²) in [4.78, 5) is 20.5. The van der Waals surface area contributed by atoms with E-state index in [0.717, 1.165) is 23.9 Å². The van der Waals surface area contributed by atoms with Crippen LogP contribution in [0.5, 0.6) is 0 Å². The molecule has 2 rings (SSSR count). The Morgan fingerprint density at radius 3 is 2.21 bits per heavy atom. The number of nitrogens with zero attached hydrogens (tertiary/aromatic N) is 2. The van der Waals surface area contributed by atoms with E-state index in [4.69, 9.17) is 4.74 Å². The summed E-state index contributed by atoms with van der Waals surface area (Å²) < 4.78 is 5.35. The maximum atomic E-state index is 12.1. The second-order valence-corrected chi connectivity index (χ2v) is 6.22. The predicted molar refractivity (Wildman–Crippen MR) is 97.0 cm³/mol. The number of rotatable bonds is 11. The van der Waals surface area contributed by atoms with Crippen LogP contribution < -0.4 is 0 Å². The Hall–Kier alpha value is -1.97. The molecule has 2 aromatic rings. The number of esters is 1. The van der Waals surface area contributed by atoms with E-state index in [0.29, 0.717) is 12.2 Å². The van der Waals surface area contributed by atoms with Gasteiger partial charge in [0.05, 0.1) is 23.2 Å². The highest BCUT2D eigenvalue weighted by molar-refractivity contribution is 5.93. The minimum Gasteiger partial charge on any atom is -0.462 e. The van der Waals surface area contributed by atoms with Gasteiger partial charge in [-0.05, 0) is 24.6 Å². The molecule has 0 aliphatic heterocycles. The average Bonchev–Trinajstić information content (AvgIpc) is 2.62. The average molecular weight is 328 g/mol. The first-order chi connectivity index (χ1) is 11.8. The fraction of sp³-hybridized carbons (Fsp3) is 0.550. The molecule has 4 heteroatoms. The fourth-order valence-corrected chi connectivity index (χ4v) is 2.75. The van der Waals surface area contributed by atoms with E-state index in [1.54, 1.807) is 30.6 Å². The first-order valence-corrected chi connectivity index (χ1v) is 9.19. The molecule has 1 aromatic carbocycles. The van der Waals surface area contributed by atoms with Gasteiger partial charge in [-0.25, -0.2) is 4.79 Å². The lowest BCUT2D eigenvalue weighted by Crippen LogP contribution is -2.06. The van der Waals surface area contributed by atoms with Crippen molar-refractivity contribution in [2.24, 2.45) is 0 Å². The Labute approximate surface area is 144 Å². The minimum atomic E-state index is -0.276. The molecule has 0 amide bonds. The molecule has 0 radical (unpaired) electrons. The maximum Gasteiger partial charge on any atom is 0.338 e. The number of hydrogen-bond acceptors (Lipinski definition) is 4. The molecule has 0 spiro atoms.